The van der Waals surface area contributed by atoms with Crippen LogP contribution in [-0.4, -0.2) is 33.5 Å². The third-order valence-corrected chi connectivity index (χ3v) is 5.23. The van der Waals surface area contributed by atoms with Crippen molar-refractivity contribution in [3.8, 4) is 11.5 Å². The van der Waals surface area contributed by atoms with Gasteiger partial charge in [0.05, 0.1) is 18.2 Å². The maximum absolute atomic E-state index is 12.6. The number of hydrogen-bond acceptors (Lipinski definition) is 6. The highest BCUT2D eigenvalue weighted by Gasteiger charge is 2.30. The van der Waals surface area contributed by atoms with E-state index in [1.165, 1.54) is 5.56 Å². The van der Waals surface area contributed by atoms with E-state index in [0.717, 1.165) is 31.5 Å². The zero-order chi connectivity index (χ0) is 17.8. The van der Waals surface area contributed by atoms with Gasteiger partial charge >= 0.3 is 0 Å². The second kappa shape index (κ2) is 7.80. The number of rotatable bonds is 6. The van der Waals surface area contributed by atoms with Crippen molar-refractivity contribution < 1.29 is 9.32 Å². The molecule has 0 spiro atoms. The molecule has 1 aliphatic heterocycles. The Kier molecular flexibility index (Phi) is 5.08. The standard InChI is InChI=1S/C19H20N4O2S/c24-18(16-7-4-9-23(16)12-14-5-2-1-3-6-14)20-11-17-21-19(25-22-17)15-8-10-26-13-15/h1-3,5-6,8,10,13,16H,4,7,9,11-12H2,(H,20,24). The number of thiophene rings is 1. The average Bonchev–Trinajstić information content (AvgIpc) is 3.41. The van der Waals surface area contributed by atoms with Crippen LogP contribution < -0.4 is 5.32 Å². The molecule has 134 valence electrons. The molecule has 1 fully saturated rings. The van der Waals surface area contributed by atoms with Gasteiger partial charge < -0.3 is 9.84 Å². The molecular formula is C19H20N4O2S. The van der Waals surface area contributed by atoms with Gasteiger partial charge in [-0.15, -0.1) is 0 Å². The fourth-order valence-corrected chi connectivity index (χ4v) is 3.87. The molecule has 1 atom stereocenters. The van der Waals surface area contributed by atoms with Crippen LogP contribution in [0.25, 0.3) is 11.5 Å². The quantitative estimate of drug-likeness (QED) is 0.724. The fraction of sp³-hybridized carbons (Fsp3) is 0.316. The Hall–Kier alpha value is -2.51. The van der Waals surface area contributed by atoms with Gasteiger partial charge in [-0.05, 0) is 36.4 Å². The lowest BCUT2D eigenvalue weighted by molar-refractivity contribution is -0.125. The Morgan fingerprint density at radius 2 is 2.19 bits per heavy atom. The number of benzene rings is 1. The highest BCUT2D eigenvalue weighted by atomic mass is 32.1. The number of nitrogens with one attached hydrogen (secondary N) is 1. The summed E-state index contributed by atoms with van der Waals surface area (Å²) in [5.74, 6) is 1.01. The van der Waals surface area contributed by atoms with Crippen molar-refractivity contribution in [1.82, 2.24) is 20.4 Å². The molecule has 3 heterocycles. The molecule has 1 aliphatic rings. The van der Waals surface area contributed by atoms with Crippen molar-refractivity contribution in [3.05, 3.63) is 58.5 Å². The predicted molar refractivity (Wildman–Crippen MR) is 99.3 cm³/mol. The lowest BCUT2D eigenvalue weighted by Gasteiger charge is -2.23. The molecule has 7 heteroatoms. The van der Waals surface area contributed by atoms with E-state index in [1.54, 1.807) is 11.3 Å². The minimum absolute atomic E-state index is 0.0281. The first-order valence-corrected chi connectivity index (χ1v) is 9.65. The predicted octanol–water partition coefficient (Wildman–Crippen LogP) is 3.08. The van der Waals surface area contributed by atoms with Gasteiger partial charge in [-0.3, -0.25) is 9.69 Å². The molecule has 1 unspecified atom stereocenters. The van der Waals surface area contributed by atoms with E-state index in [4.69, 9.17) is 4.52 Å². The van der Waals surface area contributed by atoms with Crippen LogP contribution in [0.4, 0.5) is 0 Å². The monoisotopic (exact) mass is 368 g/mol. The largest absolute Gasteiger partial charge is 0.347 e. The molecule has 1 N–H and O–H groups in total. The summed E-state index contributed by atoms with van der Waals surface area (Å²) >= 11 is 1.58. The molecule has 2 aromatic heterocycles. The summed E-state index contributed by atoms with van der Waals surface area (Å²) in [5.41, 5.74) is 2.13. The van der Waals surface area contributed by atoms with Crippen LogP contribution in [-0.2, 0) is 17.9 Å². The molecule has 1 saturated heterocycles. The Labute approximate surface area is 155 Å². The molecule has 4 rings (SSSR count). The van der Waals surface area contributed by atoms with Gasteiger partial charge in [0.1, 0.15) is 0 Å². The fourth-order valence-electron chi connectivity index (χ4n) is 3.24. The molecule has 26 heavy (non-hydrogen) atoms. The first kappa shape index (κ1) is 16.9. The van der Waals surface area contributed by atoms with Gasteiger partial charge in [0, 0.05) is 11.9 Å². The van der Waals surface area contributed by atoms with E-state index in [0.29, 0.717) is 11.7 Å². The van der Waals surface area contributed by atoms with Gasteiger partial charge in [-0.1, -0.05) is 35.5 Å². The van der Waals surface area contributed by atoms with Crippen LogP contribution in [0.3, 0.4) is 0 Å². The molecule has 3 aromatic rings. The number of nitrogens with zero attached hydrogens (tertiary/aromatic N) is 3. The Balaban J connectivity index is 1.34. The molecule has 1 amide bonds. The van der Waals surface area contributed by atoms with Crippen LogP contribution in [0.15, 0.2) is 51.7 Å². The molecule has 1 aromatic carbocycles. The molecule has 0 aliphatic carbocycles. The van der Waals surface area contributed by atoms with Gasteiger partial charge in [0.15, 0.2) is 5.82 Å². The third-order valence-electron chi connectivity index (χ3n) is 4.55. The second-order valence-electron chi connectivity index (χ2n) is 6.36. The van der Waals surface area contributed by atoms with Crippen LogP contribution in [0.5, 0.6) is 0 Å². The molecule has 0 bridgehead atoms. The third kappa shape index (κ3) is 3.84. The van der Waals surface area contributed by atoms with Crippen molar-refractivity contribution in [3.63, 3.8) is 0 Å². The summed E-state index contributed by atoms with van der Waals surface area (Å²) in [7, 11) is 0. The molecule has 0 saturated carbocycles. The lowest BCUT2D eigenvalue weighted by atomic mass is 10.1. The smallest absolute Gasteiger partial charge is 0.258 e. The highest BCUT2D eigenvalue weighted by Crippen LogP contribution is 2.21. The normalized spacial score (nSPS) is 17.5. The highest BCUT2D eigenvalue weighted by molar-refractivity contribution is 7.08. The van der Waals surface area contributed by atoms with Crippen LogP contribution >= 0.6 is 11.3 Å². The summed E-state index contributed by atoms with van der Waals surface area (Å²) in [6.07, 6.45) is 1.92. The van der Waals surface area contributed by atoms with E-state index in [1.807, 2.05) is 35.0 Å². The number of carbonyl (C=O) groups is 1. The summed E-state index contributed by atoms with van der Waals surface area (Å²) in [4.78, 5) is 19.2. The van der Waals surface area contributed by atoms with Crippen LogP contribution in [0.2, 0.25) is 0 Å². The number of likely N-dealkylation sites (tertiary alicyclic amines) is 1. The number of carbonyl (C=O) groups excluding carboxylic acids is 1. The van der Waals surface area contributed by atoms with E-state index in [2.05, 4.69) is 32.5 Å². The molecule has 6 nitrogen and oxygen atoms in total. The van der Waals surface area contributed by atoms with Crippen molar-refractivity contribution in [2.45, 2.75) is 32.0 Å². The molecule has 0 radical (unpaired) electrons. The van der Waals surface area contributed by atoms with Gasteiger partial charge in [0.2, 0.25) is 5.91 Å². The summed E-state index contributed by atoms with van der Waals surface area (Å²) in [6, 6.07) is 12.1. The van der Waals surface area contributed by atoms with Gasteiger partial charge in [-0.2, -0.15) is 16.3 Å². The van der Waals surface area contributed by atoms with Crippen molar-refractivity contribution in [2.24, 2.45) is 0 Å². The summed E-state index contributed by atoms with van der Waals surface area (Å²) in [6.45, 7) is 2.02. The minimum atomic E-state index is -0.0987. The Morgan fingerprint density at radius 1 is 1.31 bits per heavy atom. The first-order chi connectivity index (χ1) is 12.8. The van der Waals surface area contributed by atoms with E-state index >= 15 is 0 Å². The maximum atomic E-state index is 12.6. The number of hydrogen-bond donors (Lipinski definition) is 1. The topological polar surface area (TPSA) is 71.3 Å². The summed E-state index contributed by atoms with van der Waals surface area (Å²) in [5, 5.41) is 10.8. The minimum Gasteiger partial charge on any atom is -0.347 e. The number of amides is 1. The van der Waals surface area contributed by atoms with Gasteiger partial charge in [0.25, 0.3) is 5.89 Å². The number of aromatic nitrogens is 2. The van der Waals surface area contributed by atoms with Gasteiger partial charge in [-0.25, -0.2) is 0 Å². The van der Waals surface area contributed by atoms with Crippen molar-refractivity contribution >= 4 is 17.2 Å². The van der Waals surface area contributed by atoms with E-state index in [9.17, 15) is 4.79 Å². The second-order valence-corrected chi connectivity index (χ2v) is 7.14. The van der Waals surface area contributed by atoms with E-state index in [-0.39, 0.29) is 18.5 Å². The molecular weight excluding hydrogens is 348 g/mol. The SMILES string of the molecule is O=C(NCc1noc(-c2ccsc2)n1)C1CCCN1Cc1ccccc1. The van der Waals surface area contributed by atoms with Crippen LogP contribution in [0.1, 0.15) is 24.2 Å². The van der Waals surface area contributed by atoms with Crippen molar-refractivity contribution in [2.75, 3.05) is 6.54 Å². The first-order valence-electron chi connectivity index (χ1n) is 8.70. The zero-order valence-electron chi connectivity index (χ0n) is 14.3. The summed E-state index contributed by atoms with van der Waals surface area (Å²) < 4.78 is 5.25. The Bertz CT molecular complexity index is 848. The van der Waals surface area contributed by atoms with E-state index < -0.39 is 0 Å². The Morgan fingerprint density at radius 3 is 3.00 bits per heavy atom. The average molecular weight is 368 g/mol. The van der Waals surface area contributed by atoms with Crippen molar-refractivity contribution in [1.29, 1.82) is 0 Å². The van der Waals surface area contributed by atoms with Crippen LogP contribution in [0, 0.1) is 0 Å². The maximum Gasteiger partial charge on any atom is 0.258 e. The lowest BCUT2D eigenvalue weighted by Crippen LogP contribution is -2.42. The zero-order valence-corrected chi connectivity index (χ0v) is 15.1.